The lowest BCUT2D eigenvalue weighted by Crippen LogP contribution is -2.38. The lowest BCUT2D eigenvalue weighted by molar-refractivity contribution is 0.173. The van der Waals surface area contributed by atoms with Gasteiger partial charge in [-0.1, -0.05) is 6.07 Å². The molecule has 0 aliphatic carbocycles. The quantitative estimate of drug-likeness (QED) is 0.901. The Balaban J connectivity index is 1.77. The lowest BCUT2D eigenvalue weighted by atomic mass is 10.1. The molecule has 0 amide bonds. The molecule has 4 nitrogen and oxygen atoms in total. The minimum Gasteiger partial charge on any atom is -0.454 e. The molecule has 2 unspecified atom stereocenters. The number of ether oxygens (including phenoxy) is 2. The first-order valence-electron chi connectivity index (χ1n) is 7.09. The van der Waals surface area contributed by atoms with Crippen LogP contribution in [-0.4, -0.2) is 37.9 Å². The fourth-order valence-corrected chi connectivity index (χ4v) is 3.19. The molecule has 4 heteroatoms. The molecule has 0 radical (unpaired) electrons. The first-order valence-corrected chi connectivity index (χ1v) is 7.09. The van der Waals surface area contributed by atoms with E-state index in [0.29, 0.717) is 18.9 Å². The Bertz CT molecular complexity index is 450. The van der Waals surface area contributed by atoms with E-state index in [1.165, 1.54) is 24.9 Å². The van der Waals surface area contributed by atoms with E-state index in [-0.39, 0.29) is 0 Å². The van der Waals surface area contributed by atoms with Gasteiger partial charge in [-0.15, -0.1) is 0 Å². The van der Waals surface area contributed by atoms with E-state index in [2.05, 4.69) is 29.3 Å². The van der Waals surface area contributed by atoms with Crippen LogP contribution in [0.5, 0.6) is 11.5 Å². The van der Waals surface area contributed by atoms with Crippen molar-refractivity contribution in [3.05, 3.63) is 23.8 Å². The molecule has 0 saturated carbocycles. The second-order valence-electron chi connectivity index (χ2n) is 5.38. The van der Waals surface area contributed by atoms with E-state index in [4.69, 9.17) is 9.47 Å². The van der Waals surface area contributed by atoms with Gasteiger partial charge in [0.2, 0.25) is 6.79 Å². The maximum atomic E-state index is 5.47. The second-order valence-corrected chi connectivity index (χ2v) is 5.38. The van der Waals surface area contributed by atoms with Crippen LogP contribution in [0.15, 0.2) is 18.2 Å². The smallest absolute Gasteiger partial charge is 0.231 e. The third-order valence-electron chi connectivity index (χ3n) is 4.24. The van der Waals surface area contributed by atoms with Crippen molar-refractivity contribution in [2.75, 3.05) is 26.9 Å². The summed E-state index contributed by atoms with van der Waals surface area (Å²) in [6.07, 6.45) is 2.58. The number of nitrogens with one attached hydrogen (secondary N) is 1. The molecule has 3 rings (SSSR count). The summed E-state index contributed by atoms with van der Waals surface area (Å²) in [5.74, 6) is 1.75. The zero-order valence-corrected chi connectivity index (χ0v) is 11.7. The molecule has 1 aromatic rings. The third-order valence-corrected chi connectivity index (χ3v) is 4.24. The molecule has 2 aliphatic rings. The van der Waals surface area contributed by atoms with Crippen molar-refractivity contribution in [1.82, 2.24) is 10.2 Å². The van der Waals surface area contributed by atoms with E-state index < -0.39 is 0 Å². The summed E-state index contributed by atoms with van der Waals surface area (Å²) in [4.78, 5) is 2.59. The Morgan fingerprint density at radius 2 is 2.21 bits per heavy atom. The van der Waals surface area contributed by atoms with E-state index in [1.807, 2.05) is 13.1 Å². The number of likely N-dealkylation sites (tertiary alicyclic amines) is 1. The number of likely N-dealkylation sites (N-methyl/N-ethyl adjacent to an activating group) is 1. The van der Waals surface area contributed by atoms with Crippen LogP contribution in [0.1, 0.15) is 31.4 Å². The van der Waals surface area contributed by atoms with Gasteiger partial charge in [0.1, 0.15) is 0 Å². The van der Waals surface area contributed by atoms with Crippen LogP contribution in [0.25, 0.3) is 0 Å². The van der Waals surface area contributed by atoms with E-state index in [0.717, 1.165) is 18.0 Å². The highest BCUT2D eigenvalue weighted by atomic mass is 16.7. The van der Waals surface area contributed by atoms with Crippen molar-refractivity contribution in [2.45, 2.75) is 31.8 Å². The van der Waals surface area contributed by atoms with Crippen molar-refractivity contribution in [1.29, 1.82) is 0 Å². The van der Waals surface area contributed by atoms with Gasteiger partial charge in [-0.25, -0.2) is 0 Å². The fraction of sp³-hybridized carbons (Fsp3) is 0.600. The summed E-state index contributed by atoms with van der Waals surface area (Å²) < 4.78 is 10.8. The predicted octanol–water partition coefficient (Wildman–Crippen LogP) is 2.16. The van der Waals surface area contributed by atoms with Crippen molar-refractivity contribution in [2.24, 2.45) is 0 Å². The minimum absolute atomic E-state index is 0.346. The summed E-state index contributed by atoms with van der Waals surface area (Å²) in [7, 11) is 2.03. The van der Waals surface area contributed by atoms with Crippen LogP contribution in [0.2, 0.25) is 0 Å². The van der Waals surface area contributed by atoms with Gasteiger partial charge in [-0.3, -0.25) is 4.90 Å². The third kappa shape index (κ3) is 2.42. The van der Waals surface area contributed by atoms with Crippen molar-refractivity contribution < 1.29 is 9.47 Å². The molecule has 2 atom stereocenters. The Hall–Kier alpha value is -1.26. The molecule has 1 aromatic carbocycles. The van der Waals surface area contributed by atoms with Crippen molar-refractivity contribution in [3.8, 4) is 11.5 Å². The van der Waals surface area contributed by atoms with Crippen molar-refractivity contribution in [3.63, 3.8) is 0 Å². The summed E-state index contributed by atoms with van der Waals surface area (Å²) in [6, 6.07) is 7.38. The average molecular weight is 262 g/mol. The fourth-order valence-electron chi connectivity index (χ4n) is 3.19. The Labute approximate surface area is 114 Å². The predicted molar refractivity (Wildman–Crippen MR) is 74.6 cm³/mol. The van der Waals surface area contributed by atoms with Crippen LogP contribution >= 0.6 is 0 Å². The van der Waals surface area contributed by atoms with Crippen molar-refractivity contribution >= 4 is 0 Å². The first-order chi connectivity index (χ1) is 9.29. The van der Waals surface area contributed by atoms with E-state index in [1.54, 1.807) is 0 Å². The molecular formula is C15H22N2O2. The van der Waals surface area contributed by atoms with Gasteiger partial charge in [0.25, 0.3) is 0 Å². The molecule has 104 valence electrons. The Kier molecular flexibility index (Phi) is 3.62. The van der Waals surface area contributed by atoms with Gasteiger partial charge in [0.05, 0.1) is 0 Å². The van der Waals surface area contributed by atoms with Gasteiger partial charge in [-0.05, 0) is 51.1 Å². The number of hydrogen-bond donors (Lipinski definition) is 1. The normalized spacial score (nSPS) is 23.8. The molecule has 1 N–H and O–H groups in total. The summed E-state index contributed by atoms with van der Waals surface area (Å²) in [5.41, 5.74) is 1.31. The van der Waals surface area contributed by atoms with Gasteiger partial charge in [-0.2, -0.15) is 0 Å². The molecular weight excluding hydrogens is 240 g/mol. The minimum atomic E-state index is 0.346. The summed E-state index contributed by atoms with van der Waals surface area (Å²) in [5, 5.41) is 3.30. The van der Waals surface area contributed by atoms with Crippen LogP contribution in [0, 0.1) is 0 Å². The first kappa shape index (κ1) is 12.8. The lowest BCUT2D eigenvalue weighted by Gasteiger charge is -2.31. The second kappa shape index (κ2) is 5.39. The Morgan fingerprint density at radius 1 is 1.37 bits per heavy atom. The standard InChI is InChI=1S/C15H22N2O2/c1-11(17-7-3-4-13(17)9-16-2)12-5-6-14-15(8-12)19-10-18-14/h5-6,8,11,13,16H,3-4,7,9-10H2,1-2H3. The molecule has 2 heterocycles. The summed E-state index contributed by atoms with van der Waals surface area (Å²) >= 11 is 0. The molecule has 1 fully saturated rings. The molecule has 0 bridgehead atoms. The topological polar surface area (TPSA) is 33.7 Å². The van der Waals surface area contributed by atoms with Gasteiger partial charge < -0.3 is 14.8 Å². The van der Waals surface area contributed by atoms with E-state index in [9.17, 15) is 0 Å². The number of nitrogens with zero attached hydrogens (tertiary/aromatic N) is 1. The van der Waals surface area contributed by atoms with Crippen LogP contribution in [0.3, 0.4) is 0 Å². The average Bonchev–Trinajstić information content (AvgIpc) is 3.05. The maximum Gasteiger partial charge on any atom is 0.231 e. The SMILES string of the molecule is CNCC1CCCN1C(C)c1ccc2c(c1)OCO2. The Morgan fingerprint density at radius 3 is 3.05 bits per heavy atom. The zero-order chi connectivity index (χ0) is 13.2. The van der Waals surface area contributed by atoms with Crippen LogP contribution < -0.4 is 14.8 Å². The molecule has 0 spiro atoms. The van der Waals surface area contributed by atoms with E-state index >= 15 is 0 Å². The highest BCUT2D eigenvalue weighted by Crippen LogP contribution is 2.36. The van der Waals surface area contributed by atoms with Crippen LogP contribution in [-0.2, 0) is 0 Å². The molecule has 0 aromatic heterocycles. The molecule has 2 aliphatic heterocycles. The number of rotatable bonds is 4. The number of hydrogen-bond acceptors (Lipinski definition) is 4. The largest absolute Gasteiger partial charge is 0.454 e. The van der Waals surface area contributed by atoms with Gasteiger partial charge >= 0.3 is 0 Å². The number of fused-ring (bicyclic) bond motifs is 1. The number of benzene rings is 1. The molecule has 19 heavy (non-hydrogen) atoms. The highest BCUT2D eigenvalue weighted by Gasteiger charge is 2.29. The van der Waals surface area contributed by atoms with Gasteiger partial charge in [0, 0.05) is 18.6 Å². The molecule has 1 saturated heterocycles. The monoisotopic (exact) mass is 262 g/mol. The van der Waals surface area contributed by atoms with Crippen LogP contribution in [0.4, 0.5) is 0 Å². The highest BCUT2D eigenvalue weighted by molar-refractivity contribution is 5.45. The maximum absolute atomic E-state index is 5.47. The summed E-state index contributed by atoms with van der Waals surface area (Å²) in [6.45, 7) is 4.88. The van der Waals surface area contributed by atoms with Gasteiger partial charge in [0.15, 0.2) is 11.5 Å². The zero-order valence-electron chi connectivity index (χ0n) is 11.7.